The molecule has 1 saturated heterocycles. The summed E-state index contributed by atoms with van der Waals surface area (Å²) in [6.07, 6.45) is 3.11. The van der Waals surface area contributed by atoms with Crippen LogP contribution in [0.1, 0.15) is 37.3 Å². The van der Waals surface area contributed by atoms with Crippen molar-refractivity contribution in [2.24, 2.45) is 10.1 Å². The molecule has 0 saturated carbocycles. The van der Waals surface area contributed by atoms with Crippen LogP contribution < -0.4 is 19.9 Å². The molecule has 3 N–H and O–H groups in total. The van der Waals surface area contributed by atoms with Crippen LogP contribution >= 0.6 is 0 Å². The first-order valence-electron chi connectivity index (χ1n) is 11.0. The van der Waals surface area contributed by atoms with Crippen LogP contribution in [0, 0.1) is 0 Å². The zero-order valence-electron chi connectivity index (χ0n) is 18.5. The number of hydrogen-bond acceptors (Lipinski definition) is 6. The summed E-state index contributed by atoms with van der Waals surface area (Å²) < 4.78 is 41.0. The van der Waals surface area contributed by atoms with Crippen LogP contribution in [-0.4, -0.2) is 50.9 Å². The minimum Gasteiger partial charge on any atom is -0.494 e. The molecule has 2 aliphatic heterocycles. The van der Waals surface area contributed by atoms with Crippen LogP contribution in [0.15, 0.2) is 46.9 Å². The second-order valence-corrected chi connectivity index (χ2v) is 9.37. The summed E-state index contributed by atoms with van der Waals surface area (Å²) in [7, 11) is -3.86. The number of amidine groups is 1. The van der Waals surface area contributed by atoms with E-state index in [-0.39, 0.29) is 24.4 Å². The Labute approximate surface area is 193 Å². The van der Waals surface area contributed by atoms with Gasteiger partial charge in [-0.3, -0.25) is 9.52 Å². The third kappa shape index (κ3) is 5.39. The first-order valence-corrected chi connectivity index (χ1v) is 12.5. The van der Waals surface area contributed by atoms with E-state index in [1.54, 1.807) is 18.2 Å². The molecular formula is C23H28N4O5S. The number of carbonyl (C=O) groups is 1. The summed E-state index contributed by atoms with van der Waals surface area (Å²) in [6, 6.07) is 12.5. The number of carbonyl (C=O) groups excluding carboxylic acids is 1. The maximum absolute atomic E-state index is 13.1. The zero-order valence-corrected chi connectivity index (χ0v) is 19.3. The molecule has 0 spiro atoms. The van der Waals surface area contributed by atoms with Crippen molar-refractivity contribution in [2.75, 3.05) is 24.5 Å². The number of amides is 1. The van der Waals surface area contributed by atoms with E-state index < -0.39 is 10.2 Å². The minimum absolute atomic E-state index is 0.0522. The number of fused-ring (bicyclic) bond motifs is 1. The molecule has 10 heteroatoms. The Kier molecular flexibility index (Phi) is 6.73. The lowest BCUT2D eigenvalue weighted by molar-refractivity contribution is -0.134. The topological polar surface area (TPSA) is 123 Å². The molecule has 2 aromatic rings. The van der Waals surface area contributed by atoms with Gasteiger partial charge in [0.2, 0.25) is 5.91 Å². The van der Waals surface area contributed by atoms with Gasteiger partial charge in [-0.1, -0.05) is 18.2 Å². The molecule has 2 aromatic carbocycles. The van der Waals surface area contributed by atoms with E-state index in [9.17, 15) is 13.2 Å². The average Bonchev–Trinajstić information content (AvgIpc) is 2.78. The van der Waals surface area contributed by atoms with Crippen molar-refractivity contribution in [1.82, 2.24) is 4.90 Å². The summed E-state index contributed by atoms with van der Waals surface area (Å²) in [5.41, 5.74) is 7.57. The smallest absolute Gasteiger partial charge is 0.344 e. The molecule has 9 nitrogen and oxygen atoms in total. The van der Waals surface area contributed by atoms with Crippen molar-refractivity contribution in [3.05, 3.63) is 53.6 Å². The summed E-state index contributed by atoms with van der Waals surface area (Å²) in [5.74, 6) is 1.15. The van der Waals surface area contributed by atoms with Crippen molar-refractivity contribution in [3.8, 4) is 11.5 Å². The van der Waals surface area contributed by atoms with Crippen LogP contribution in [0.5, 0.6) is 11.5 Å². The van der Waals surface area contributed by atoms with Crippen molar-refractivity contribution in [3.63, 3.8) is 0 Å². The molecule has 176 valence electrons. The molecule has 1 atom stereocenters. The summed E-state index contributed by atoms with van der Waals surface area (Å²) >= 11 is 0. The van der Waals surface area contributed by atoms with Gasteiger partial charge in [0.15, 0.2) is 5.84 Å². The van der Waals surface area contributed by atoms with Gasteiger partial charge in [0.25, 0.3) is 0 Å². The van der Waals surface area contributed by atoms with E-state index in [4.69, 9.17) is 15.2 Å². The second kappa shape index (κ2) is 9.70. The Morgan fingerprint density at radius 1 is 1.18 bits per heavy atom. The lowest BCUT2D eigenvalue weighted by Gasteiger charge is -2.36. The Bertz CT molecular complexity index is 1150. The molecule has 0 aliphatic carbocycles. The third-order valence-electron chi connectivity index (χ3n) is 5.71. The van der Waals surface area contributed by atoms with Gasteiger partial charge in [0.1, 0.15) is 18.1 Å². The summed E-state index contributed by atoms with van der Waals surface area (Å²) in [4.78, 5) is 15.0. The zero-order chi connectivity index (χ0) is 23.4. The Hall–Kier alpha value is -3.27. The van der Waals surface area contributed by atoms with Gasteiger partial charge in [-0.05, 0) is 56.0 Å². The van der Waals surface area contributed by atoms with E-state index in [2.05, 4.69) is 9.12 Å². The van der Waals surface area contributed by atoms with Gasteiger partial charge in [-0.25, -0.2) is 0 Å². The lowest BCUT2D eigenvalue weighted by atomic mass is 10.0. The molecule has 2 heterocycles. The highest BCUT2D eigenvalue weighted by Crippen LogP contribution is 2.31. The molecule has 0 bridgehead atoms. The predicted molar refractivity (Wildman–Crippen MR) is 126 cm³/mol. The lowest BCUT2D eigenvalue weighted by Crippen LogP contribution is -2.47. The monoisotopic (exact) mass is 472 g/mol. The van der Waals surface area contributed by atoms with Crippen LogP contribution in [0.25, 0.3) is 0 Å². The molecule has 1 unspecified atom stereocenters. The van der Waals surface area contributed by atoms with Crippen LogP contribution in [-0.2, 0) is 21.4 Å². The molecule has 0 aromatic heterocycles. The fraction of sp³-hybridized carbons (Fsp3) is 0.391. The van der Waals surface area contributed by atoms with Gasteiger partial charge in [-0.2, -0.15) is 8.42 Å². The Morgan fingerprint density at radius 2 is 1.97 bits per heavy atom. The van der Waals surface area contributed by atoms with Gasteiger partial charge in [0, 0.05) is 6.54 Å². The standard InChI is InChI=1S/C23H28N4O5S/c1-2-31-18-11-9-16(10-12-18)14-21(28)27-13-4-3-6-17(27)15-32-20-8-5-7-19-22(20)23(24)26-33(29,30)25-19/h5,7-12,17,25H,2-4,6,13-15H2,1H3,(H2,24,26). The third-order valence-corrected chi connectivity index (χ3v) is 6.62. The predicted octanol–water partition coefficient (Wildman–Crippen LogP) is 2.46. The molecule has 4 rings (SSSR count). The molecule has 1 amide bonds. The van der Waals surface area contributed by atoms with Gasteiger partial charge >= 0.3 is 10.2 Å². The maximum Gasteiger partial charge on any atom is 0.344 e. The Morgan fingerprint density at radius 3 is 2.73 bits per heavy atom. The fourth-order valence-corrected chi connectivity index (χ4v) is 5.02. The van der Waals surface area contributed by atoms with Crippen molar-refractivity contribution < 1.29 is 22.7 Å². The number of likely N-dealkylation sites (tertiary alicyclic amines) is 1. The first kappa shape index (κ1) is 22.9. The van der Waals surface area contributed by atoms with E-state index >= 15 is 0 Å². The molecule has 0 radical (unpaired) electrons. The fourth-order valence-electron chi connectivity index (χ4n) is 4.17. The average molecular weight is 473 g/mol. The number of anilines is 1. The van der Waals surface area contributed by atoms with E-state index in [1.165, 1.54) is 0 Å². The van der Waals surface area contributed by atoms with Crippen molar-refractivity contribution in [1.29, 1.82) is 0 Å². The van der Waals surface area contributed by atoms with Crippen LogP contribution in [0.2, 0.25) is 0 Å². The number of piperidine rings is 1. The van der Waals surface area contributed by atoms with Crippen LogP contribution in [0.3, 0.4) is 0 Å². The number of nitrogens with zero attached hydrogens (tertiary/aromatic N) is 2. The maximum atomic E-state index is 13.1. The highest BCUT2D eigenvalue weighted by Gasteiger charge is 2.29. The van der Waals surface area contributed by atoms with Gasteiger partial charge < -0.3 is 20.1 Å². The van der Waals surface area contributed by atoms with Gasteiger partial charge in [0.05, 0.1) is 30.3 Å². The van der Waals surface area contributed by atoms with E-state index in [0.29, 0.717) is 36.6 Å². The molecular weight excluding hydrogens is 444 g/mol. The quantitative estimate of drug-likeness (QED) is 0.638. The number of ether oxygens (including phenoxy) is 2. The highest BCUT2D eigenvalue weighted by molar-refractivity contribution is 7.91. The van der Waals surface area contributed by atoms with E-state index in [1.807, 2.05) is 36.1 Å². The highest BCUT2D eigenvalue weighted by atomic mass is 32.2. The molecule has 1 fully saturated rings. The number of nitrogens with two attached hydrogens (primary N) is 1. The first-order chi connectivity index (χ1) is 15.9. The SMILES string of the molecule is CCOc1ccc(CC(=O)N2CCCCC2COc2cccc3c2C(N)=NS(=O)(=O)N3)cc1. The number of hydrogen-bond donors (Lipinski definition) is 2. The normalized spacial score (nSPS) is 19.1. The largest absolute Gasteiger partial charge is 0.494 e. The molecule has 33 heavy (non-hydrogen) atoms. The van der Waals surface area contributed by atoms with Crippen molar-refractivity contribution >= 4 is 27.6 Å². The minimum atomic E-state index is -3.86. The second-order valence-electron chi connectivity index (χ2n) is 8.03. The summed E-state index contributed by atoms with van der Waals surface area (Å²) in [6.45, 7) is 3.49. The number of rotatable bonds is 7. The number of benzene rings is 2. The molecule has 2 aliphatic rings. The van der Waals surface area contributed by atoms with Crippen LogP contribution in [0.4, 0.5) is 5.69 Å². The number of nitrogens with one attached hydrogen (secondary N) is 1. The Balaban J connectivity index is 1.44. The van der Waals surface area contributed by atoms with Gasteiger partial charge in [-0.15, -0.1) is 4.40 Å². The van der Waals surface area contributed by atoms with E-state index in [0.717, 1.165) is 30.6 Å². The summed E-state index contributed by atoms with van der Waals surface area (Å²) in [5, 5.41) is 0. The van der Waals surface area contributed by atoms with Crippen molar-refractivity contribution in [2.45, 2.75) is 38.6 Å².